The van der Waals surface area contributed by atoms with Crippen LogP contribution in [0.25, 0.3) is 11.4 Å². The van der Waals surface area contributed by atoms with Gasteiger partial charge in [0.25, 0.3) is 0 Å². The molecule has 2 aromatic rings. The lowest BCUT2D eigenvalue weighted by atomic mass is 10.1. The molecule has 110 valence electrons. The van der Waals surface area contributed by atoms with Crippen molar-refractivity contribution in [3.8, 4) is 11.4 Å². The SMILES string of the molecule is COCc1cc(N)nc(-c2c(F)ccc([N+](=O)[O-])c2F)n1. The quantitative estimate of drug-likeness (QED) is 0.684. The lowest BCUT2D eigenvalue weighted by Gasteiger charge is -2.07. The number of rotatable bonds is 4. The van der Waals surface area contributed by atoms with Crippen LogP contribution in [0, 0.1) is 21.7 Å². The van der Waals surface area contributed by atoms with Crippen molar-refractivity contribution in [2.75, 3.05) is 12.8 Å². The average Bonchev–Trinajstić information content (AvgIpc) is 2.38. The number of benzene rings is 1. The summed E-state index contributed by atoms with van der Waals surface area (Å²) in [6.45, 7) is 0.0535. The minimum Gasteiger partial charge on any atom is -0.384 e. The molecule has 7 nitrogen and oxygen atoms in total. The van der Waals surface area contributed by atoms with E-state index < -0.39 is 27.8 Å². The van der Waals surface area contributed by atoms with Crippen molar-refractivity contribution in [2.24, 2.45) is 0 Å². The van der Waals surface area contributed by atoms with Crippen LogP contribution in [0.3, 0.4) is 0 Å². The van der Waals surface area contributed by atoms with Gasteiger partial charge in [0.2, 0.25) is 5.82 Å². The van der Waals surface area contributed by atoms with E-state index >= 15 is 0 Å². The van der Waals surface area contributed by atoms with Gasteiger partial charge in [0.15, 0.2) is 5.82 Å². The Morgan fingerprint density at radius 1 is 1.38 bits per heavy atom. The number of nitrogens with zero attached hydrogens (tertiary/aromatic N) is 3. The lowest BCUT2D eigenvalue weighted by molar-refractivity contribution is -0.387. The van der Waals surface area contributed by atoms with Gasteiger partial charge in [-0.15, -0.1) is 0 Å². The third-order valence-electron chi connectivity index (χ3n) is 2.58. The van der Waals surface area contributed by atoms with Crippen LogP contribution in [0.4, 0.5) is 20.3 Å². The molecular weight excluding hydrogens is 286 g/mol. The molecule has 0 unspecified atom stereocenters. The molecule has 0 aliphatic carbocycles. The van der Waals surface area contributed by atoms with Crippen LogP contribution in [0.15, 0.2) is 18.2 Å². The topological polar surface area (TPSA) is 104 Å². The molecule has 2 N–H and O–H groups in total. The number of aromatic nitrogens is 2. The first-order valence-corrected chi connectivity index (χ1v) is 5.69. The maximum absolute atomic E-state index is 14.1. The highest BCUT2D eigenvalue weighted by Crippen LogP contribution is 2.30. The maximum atomic E-state index is 14.1. The second-order valence-electron chi connectivity index (χ2n) is 4.05. The second-order valence-corrected chi connectivity index (χ2v) is 4.05. The van der Waals surface area contributed by atoms with E-state index in [-0.39, 0.29) is 18.2 Å². The van der Waals surface area contributed by atoms with E-state index in [4.69, 9.17) is 10.5 Å². The molecule has 0 radical (unpaired) electrons. The van der Waals surface area contributed by atoms with Crippen molar-refractivity contribution >= 4 is 11.5 Å². The van der Waals surface area contributed by atoms with E-state index in [1.165, 1.54) is 13.2 Å². The van der Waals surface area contributed by atoms with Crippen LogP contribution >= 0.6 is 0 Å². The number of anilines is 1. The summed E-state index contributed by atoms with van der Waals surface area (Å²) >= 11 is 0. The monoisotopic (exact) mass is 296 g/mol. The summed E-state index contributed by atoms with van der Waals surface area (Å²) < 4.78 is 32.8. The number of nitrogens with two attached hydrogens (primary N) is 1. The molecule has 0 amide bonds. The number of hydrogen-bond donors (Lipinski definition) is 1. The summed E-state index contributed by atoms with van der Waals surface area (Å²) in [7, 11) is 1.41. The Kier molecular flexibility index (Phi) is 4.03. The Bertz CT molecular complexity index is 709. The summed E-state index contributed by atoms with van der Waals surface area (Å²) in [5.41, 5.74) is 4.27. The fraction of sp³-hybridized carbons (Fsp3) is 0.167. The van der Waals surface area contributed by atoms with Gasteiger partial charge in [0.05, 0.1) is 22.8 Å². The van der Waals surface area contributed by atoms with Crippen molar-refractivity contribution in [1.82, 2.24) is 9.97 Å². The van der Waals surface area contributed by atoms with Crippen LogP contribution in [-0.4, -0.2) is 22.0 Å². The van der Waals surface area contributed by atoms with Crippen molar-refractivity contribution in [1.29, 1.82) is 0 Å². The molecule has 9 heteroatoms. The Hall–Kier alpha value is -2.68. The van der Waals surface area contributed by atoms with Gasteiger partial charge in [0.1, 0.15) is 11.6 Å². The minimum absolute atomic E-state index is 0.0302. The van der Waals surface area contributed by atoms with Crippen molar-refractivity contribution in [3.63, 3.8) is 0 Å². The molecule has 0 aliphatic heterocycles. The molecule has 0 spiro atoms. The number of nitro groups is 1. The van der Waals surface area contributed by atoms with Gasteiger partial charge in [-0.05, 0) is 6.07 Å². The minimum atomic E-state index is -1.35. The number of ether oxygens (including phenoxy) is 1. The molecule has 1 aromatic heterocycles. The molecule has 0 saturated heterocycles. The predicted octanol–water partition coefficient (Wildman–Crippen LogP) is 2.06. The summed E-state index contributed by atoms with van der Waals surface area (Å²) in [5, 5.41) is 10.7. The van der Waals surface area contributed by atoms with Crippen LogP contribution in [0.1, 0.15) is 5.69 Å². The zero-order valence-electron chi connectivity index (χ0n) is 10.8. The zero-order valence-corrected chi connectivity index (χ0v) is 10.8. The maximum Gasteiger partial charge on any atom is 0.305 e. The Morgan fingerprint density at radius 3 is 2.71 bits per heavy atom. The summed E-state index contributed by atoms with van der Waals surface area (Å²) in [5.74, 6) is -2.78. The summed E-state index contributed by atoms with van der Waals surface area (Å²) in [4.78, 5) is 17.4. The molecule has 2 rings (SSSR count). The third-order valence-corrected chi connectivity index (χ3v) is 2.58. The Morgan fingerprint density at radius 2 is 2.10 bits per heavy atom. The van der Waals surface area contributed by atoms with Crippen molar-refractivity contribution in [2.45, 2.75) is 6.61 Å². The van der Waals surface area contributed by atoms with Gasteiger partial charge in [-0.3, -0.25) is 10.1 Å². The average molecular weight is 296 g/mol. The van der Waals surface area contributed by atoms with Crippen molar-refractivity contribution < 1.29 is 18.4 Å². The van der Waals surface area contributed by atoms with E-state index in [0.29, 0.717) is 5.69 Å². The largest absolute Gasteiger partial charge is 0.384 e. The number of nitrogen functional groups attached to an aromatic ring is 1. The summed E-state index contributed by atoms with van der Waals surface area (Å²) in [6.07, 6.45) is 0. The van der Waals surface area contributed by atoms with Gasteiger partial charge < -0.3 is 10.5 Å². The highest BCUT2D eigenvalue weighted by molar-refractivity contribution is 5.62. The molecule has 21 heavy (non-hydrogen) atoms. The fourth-order valence-corrected chi connectivity index (χ4v) is 1.74. The van der Waals surface area contributed by atoms with E-state index in [2.05, 4.69) is 9.97 Å². The van der Waals surface area contributed by atoms with Gasteiger partial charge in [-0.2, -0.15) is 4.39 Å². The first-order chi connectivity index (χ1) is 9.93. The van der Waals surface area contributed by atoms with E-state index in [0.717, 1.165) is 12.1 Å². The molecule has 0 aliphatic rings. The predicted molar refractivity (Wildman–Crippen MR) is 69.2 cm³/mol. The second kappa shape index (κ2) is 5.75. The zero-order chi connectivity index (χ0) is 15.6. The van der Waals surface area contributed by atoms with Crippen LogP contribution in [-0.2, 0) is 11.3 Å². The van der Waals surface area contributed by atoms with E-state index in [1.807, 2.05) is 0 Å². The van der Waals surface area contributed by atoms with Gasteiger partial charge in [-0.1, -0.05) is 0 Å². The third kappa shape index (κ3) is 2.92. The normalized spacial score (nSPS) is 10.6. The molecule has 1 aromatic carbocycles. The molecule has 0 bridgehead atoms. The van der Waals surface area contributed by atoms with E-state index in [1.54, 1.807) is 0 Å². The first kappa shape index (κ1) is 14.7. The number of nitro benzene ring substituents is 1. The highest BCUT2D eigenvalue weighted by atomic mass is 19.1. The highest BCUT2D eigenvalue weighted by Gasteiger charge is 2.24. The van der Waals surface area contributed by atoms with Gasteiger partial charge in [-0.25, -0.2) is 14.4 Å². The van der Waals surface area contributed by atoms with Crippen molar-refractivity contribution in [3.05, 3.63) is 45.6 Å². The molecule has 1 heterocycles. The Labute approximate surface area is 117 Å². The molecule has 0 atom stereocenters. The first-order valence-electron chi connectivity index (χ1n) is 5.69. The lowest BCUT2D eigenvalue weighted by Crippen LogP contribution is -2.05. The standard InChI is InChI=1S/C12H10F2N4O3/c1-21-5-6-4-9(15)17-12(16-6)10-7(13)2-3-8(11(10)14)18(19)20/h2-4H,5H2,1H3,(H2,15,16,17). The van der Waals surface area contributed by atoms with Crippen LogP contribution < -0.4 is 5.73 Å². The van der Waals surface area contributed by atoms with Gasteiger partial charge >= 0.3 is 5.69 Å². The number of hydrogen-bond acceptors (Lipinski definition) is 6. The summed E-state index contributed by atoms with van der Waals surface area (Å²) in [6, 6.07) is 2.88. The molecular formula is C12H10F2N4O3. The van der Waals surface area contributed by atoms with Crippen LogP contribution in [0.5, 0.6) is 0 Å². The molecule has 0 fully saturated rings. The van der Waals surface area contributed by atoms with Gasteiger partial charge in [0, 0.05) is 19.2 Å². The number of halogens is 2. The van der Waals surface area contributed by atoms with E-state index in [9.17, 15) is 18.9 Å². The fourth-order valence-electron chi connectivity index (χ4n) is 1.74. The van der Waals surface area contributed by atoms with Crippen LogP contribution in [0.2, 0.25) is 0 Å². The Balaban J connectivity index is 2.66. The smallest absolute Gasteiger partial charge is 0.305 e. The molecule has 0 saturated carbocycles. The number of methoxy groups -OCH3 is 1.